The number of carboxylic acids is 1. The molecule has 0 radical (unpaired) electrons. The predicted octanol–water partition coefficient (Wildman–Crippen LogP) is 1.33. The number of carbonyl (C=O) groups is 2. The number of carboxylic acid groups (broad SMARTS) is 1. The average molecular weight is 265 g/mol. The van der Waals surface area contributed by atoms with Crippen molar-refractivity contribution in [3.8, 4) is 0 Å². The van der Waals surface area contributed by atoms with Crippen LogP contribution in [0.4, 0.5) is 0 Å². The summed E-state index contributed by atoms with van der Waals surface area (Å²) in [6, 6.07) is 1.30. The maximum absolute atomic E-state index is 12.2. The summed E-state index contributed by atoms with van der Waals surface area (Å²) in [4.78, 5) is 22.8. The van der Waals surface area contributed by atoms with Crippen LogP contribution >= 0.6 is 0 Å². The molecule has 0 aromatic carbocycles. The number of aromatic nitrogens is 2. The molecule has 0 aliphatic carbocycles. The zero-order valence-corrected chi connectivity index (χ0v) is 11.4. The molecule has 1 unspecified atom stereocenters. The molecule has 0 saturated carbocycles. The molecule has 1 aromatic heterocycles. The van der Waals surface area contributed by atoms with E-state index >= 15 is 0 Å². The molecular weight excluding hydrogens is 246 g/mol. The van der Waals surface area contributed by atoms with Gasteiger partial charge < -0.3 is 10.4 Å². The van der Waals surface area contributed by atoms with Crippen LogP contribution in [-0.2, 0) is 11.2 Å². The molecule has 104 valence electrons. The molecule has 0 bridgehead atoms. The molecule has 1 rings (SSSR count). The van der Waals surface area contributed by atoms with Gasteiger partial charge in [-0.15, -0.1) is 0 Å². The normalized spacial score (nSPS) is 11.9. The van der Waals surface area contributed by atoms with E-state index in [-0.39, 0.29) is 18.4 Å². The molecule has 6 nitrogen and oxygen atoms in total. The smallest absolute Gasteiger partial charge is 0.305 e. The first-order chi connectivity index (χ1) is 8.97. The number of aliphatic carboxylic acids is 1. The maximum Gasteiger partial charge on any atom is 0.305 e. The van der Waals surface area contributed by atoms with Crippen molar-refractivity contribution in [3.05, 3.63) is 23.0 Å². The molecule has 0 spiro atoms. The Morgan fingerprint density at radius 3 is 2.58 bits per heavy atom. The summed E-state index contributed by atoms with van der Waals surface area (Å²) in [5.74, 6) is -1.21. The van der Waals surface area contributed by atoms with Gasteiger partial charge in [-0.2, -0.15) is 10.2 Å². The van der Waals surface area contributed by atoms with Crippen molar-refractivity contribution < 1.29 is 14.7 Å². The molecule has 1 atom stereocenters. The number of nitrogens with zero attached hydrogens (tertiary/aromatic N) is 2. The summed E-state index contributed by atoms with van der Waals surface area (Å²) in [5, 5.41) is 19.4. The van der Waals surface area contributed by atoms with Gasteiger partial charge in [-0.1, -0.05) is 13.8 Å². The molecule has 0 aliphatic heterocycles. The predicted molar refractivity (Wildman–Crippen MR) is 69.9 cm³/mol. The van der Waals surface area contributed by atoms with Gasteiger partial charge >= 0.3 is 5.97 Å². The topological polar surface area (TPSA) is 92.2 Å². The first-order valence-electron chi connectivity index (χ1n) is 6.33. The van der Waals surface area contributed by atoms with Crippen molar-refractivity contribution in [3.63, 3.8) is 0 Å². The molecule has 0 fully saturated rings. The lowest BCUT2D eigenvalue weighted by Crippen LogP contribution is -2.36. The highest BCUT2D eigenvalue weighted by atomic mass is 16.4. The highest BCUT2D eigenvalue weighted by molar-refractivity contribution is 5.95. The van der Waals surface area contributed by atoms with Gasteiger partial charge in [-0.05, 0) is 25.8 Å². The van der Waals surface area contributed by atoms with Crippen LogP contribution in [0.5, 0.6) is 0 Å². The summed E-state index contributed by atoms with van der Waals surface area (Å²) in [5.41, 5.74) is 1.75. The maximum atomic E-state index is 12.2. The highest BCUT2D eigenvalue weighted by Gasteiger charge is 2.18. The van der Waals surface area contributed by atoms with Gasteiger partial charge in [0.2, 0.25) is 0 Å². The molecule has 19 heavy (non-hydrogen) atoms. The Morgan fingerprint density at radius 1 is 1.37 bits per heavy atom. The summed E-state index contributed by atoms with van der Waals surface area (Å²) in [6.07, 6.45) is 1.09. The van der Waals surface area contributed by atoms with Crippen molar-refractivity contribution in [2.24, 2.45) is 0 Å². The van der Waals surface area contributed by atoms with Crippen LogP contribution in [0.2, 0.25) is 0 Å². The minimum atomic E-state index is -0.924. The van der Waals surface area contributed by atoms with Crippen molar-refractivity contribution in [1.29, 1.82) is 0 Å². The standard InChI is InChI=1S/C13H19N3O3/c1-4-9(7-12(17)18)14-13(19)10-6-8(3)15-16-11(10)5-2/h6,9H,4-5,7H2,1-3H3,(H,14,19)(H,17,18). The number of carbonyl (C=O) groups excluding carboxylic acids is 1. The van der Waals surface area contributed by atoms with Crippen molar-refractivity contribution in [1.82, 2.24) is 15.5 Å². The molecular formula is C13H19N3O3. The molecule has 1 aromatic rings. The lowest BCUT2D eigenvalue weighted by molar-refractivity contribution is -0.137. The molecule has 0 saturated heterocycles. The quantitative estimate of drug-likeness (QED) is 0.809. The lowest BCUT2D eigenvalue weighted by atomic mass is 10.1. The van der Waals surface area contributed by atoms with Crippen molar-refractivity contribution in [2.75, 3.05) is 0 Å². The van der Waals surface area contributed by atoms with Crippen molar-refractivity contribution >= 4 is 11.9 Å². The first kappa shape index (κ1) is 15.1. The monoisotopic (exact) mass is 265 g/mol. The highest BCUT2D eigenvalue weighted by Crippen LogP contribution is 2.09. The fourth-order valence-corrected chi connectivity index (χ4v) is 1.74. The van der Waals surface area contributed by atoms with Gasteiger partial charge in [0.15, 0.2) is 0 Å². The van der Waals surface area contributed by atoms with E-state index in [1.165, 1.54) is 0 Å². The second-order valence-electron chi connectivity index (χ2n) is 4.38. The number of aryl methyl sites for hydroxylation is 2. The Labute approximate surface area is 112 Å². The van der Waals surface area contributed by atoms with Crippen LogP contribution in [0, 0.1) is 6.92 Å². The summed E-state index contributed by atoms with van der Waals surface area (Å²) >= 11 is 0. The third-order valence-electron chi connectivity index (χ3n) is 2.82. The number of nitrogens with one attached hydrogen (secondary N) is 1. The molecule has 1 heterocycles. The number of hydrogen-bond donors (Lipinski definition) is 2. The zero-order valence-electron chi connectivity index (χ0n) is 11.4. The first-order valence-corrected chi connectivity index (χ1v) is 6.33. The minimum absolute atomic E-state index is 0.0822. The van der Waals surface area contributed by atoms with E-state index in [1.54, 1.807) is 13.0 Å². The van der Waals surface area contributed by atoms with E-state index in [0.717, 1.165) is 0 Å². The third-order valence-corrected chi connectivity index (χ3v) is 2.82. The fourth-order valence-electron chi connectivity index (χ4n) is 1.74. The van der Waals surface area contributed by atoms with Crippen LogP contribution in [0.15, 0.2) is 6.07 Å². The molecule has 2 N–H and O–H groups in total. The second kappa shape index (κ2) is 6.82. The second-order valence-corrected chi connectivity index (χ2v) is 4.38. The van der Waals surface area contributed by atoms with Crippen LogP contribution in [0.1, 0.15) is 48.4 Å². The van der Waals surface area contributed by atoms with Gasteiger partial charge in [0, 0.05) is 6.04 Å². The summed E-state index contributed by atoms with van der Waals surface area (Å²) in [6.45, 7) is 5.49. The Hall–Kier alpha value is -1.98. The number of rotatable bonds is 6. The zero-order chi connectivity index (χ0) is 14.4. The Kier molecular flexibility index (Phi) is 5.41. The van der Waals surface area contributed by atoms with Gasteiger partial charge in [0.1, 0.15) is 0 Å². The Morgan fingerprint density at radius 2 is 2.05 bits per heavy atom. The van der Waals surface area contributed by atoms with E-state index in [0.29, 0.717) is 29.8 Å². The third kappa shape index (κ3) is 4.31. The summed E-state index contributed by atoms with van der Waals surface area (Å²) < 4.78 is 0. The van der Waals surface area contributed by atoms with Crippen LogP contribution in [0.3, 0.4) is 0 Å². The van der Waals surface area contributed by atoms with Crippen LogP contribution in [-0.4, -0.2) is 33.2 Å². The lowest BCUT2D eigenvalue weighted by Gasteiger charge is -2.15. The number of hydrogen-bond acceptors (Lipinski definition) is 4. The van der Waals surface area contributed by atoms with E-state index in [1.807, 2.05) is 13.8 Å². The largest absolute Gasteiger partial charge is 0.481 e. The van der Waals surface area contributed by atoms with Gasteiger partial charge in [-0.3, -0.25) is 9.59 Å². The SMILES string of the molecule is CCc1nnc(C)cc1C(=O)NC(CC)CC(=O)O. The van der Waals surface area contributed by atoms with E-state index in [2.05, 4.69) is 15.5 Å². The van der Waals surface area contributed by atoms with Crippen LogP contribution < -0.4 is 5.32 Å². The Balaban J connectivity index is 2.87. The molecule has 0 aliphatic rings. The van der Waals surface area contributed by atoms with Crippen molar-refractivity contribution in [2.45, 2.75) is 46.1 Å². The van der Waals surface area contributed by atoms with Crippen LogP contribution in [0.25, 0.3) is 0 Å². The average Bonchev–Trinajstić information content (AvgIpc) is 2.37. The minimum Gasteiger partial charge on any atom is -0.481 e. The van der Waals surface area contributed by atoms with E-state index in [9.17, 15) is 9.59 Å². The Bertz CT molecular complexity index is 474. The van der Waals surface area contributed by atoms with Gasteiger partial charge in [0.25, 0.3) is 5.91 Å². The van der Waals surface area contributed by atoms with Gasteiger partial charge in [-0.25, -0.2) is 0 Å². The van der Waals surface area contributed by atoms with Gasteiger partial charge in [0.05, 0.1) is 23.4 Å². The van der Waals surface area contributed by atoms with E-state index < -0.39 is 5.97 Å². The molecule has 1 amide bonds. The number of amides is 1. The fraction of sp³-hybridized carbons (Fsp3) is 0.538. The van der Waals surface area contributed by atoms with E-state index in [4.69, 9.17) is 5.11 Å². The summed E-state index contributed by atoms with van der Waals surface area (Å²) in [7, 11) is 0. The molecule has 6 heteroatoms.